The molecule has 0 spiro atoms. The number of ether oxygens (including phenoxy) is 2. The summed E-state index contributed by atoms with van der Waals surface area (Å²) in [5, 5.41) is 6.86. The zero-order valence-corrected chi connectivity index (χ0v) is 31.1. The van der Waals surface area contributed by atoms with Crippen molar-refractivity contribution in [2.45, 2.75) is 58.1 Å². The van der Waals surface area contributed by atoms with Crippen molar-refractivity contribution in [3.05, 3.63) is 95.7 Å². The van der Waals surface area contributed by atoms with Gasteiger partial charge < -0.3 is 34.9 Å². The van der Waals surface area contributed by atoms with E-state index in [2.05, 4.69) is 27.8 Å². The molecule has 11 heteroatoms. The fraction of sp³-hybridized carbons (Fsp3) is 0.429. The quantitative estimate of drug-likeness (QED) is 0.168. The monoisotopic (exact) mass is 721 g/mol. The predicted molar refractivity (Wildman–Crippen MR) is 204 cm³/mol. The number of carbonyl (C=O) groups excluding carboxylic acids is 4. The zero-order valence-electron chi connectivity index (χ0n) is 31.1. The first-order valence-electron chi connectivity index (χ1n) is 18.7. The van der Waals surface area contributed by atoms with Crippen LogP contribution in [0.25, 0.3) is 10.9 Å². The van der Waals surface area contributed by atoms with Crippen LogP contribution >= 0.6 is 0 Å². The Morgan fingerprint density at radius 1 is 0.887 bits per heavy atom. The molecule has 11 nitrogen and oxygen atoms in total. The van der Waals surface area contributed by atoms with Gasteiger partial charge in [-0.25, -0.2) is 0 Å². The minimum atomic E-state index is -0.721. The van der Waals surface area contributed by atoms with Crippen molar-refractivity contribution in [3.63, 3.8) is 0 Å². The number of nitrogens with zero attached hydrogens (tertiary/aromatic N) is 2. The SMILES string of the molecule is CNC(=O)[C@H](CCCc1ccccc1)NC(=O)C1CN(C(=O)CCc2c[nH]c3ccccc23)CC2CN(C(=O)c3ccc(OC(C)C)c(OC)c3)CC21. The number of aromatic nitrogens is 1. The Labute approximate surface area is 311 Å². The van der Waals surface area contributed by atoms with Crippen molar-refractivity contribution in [2.75, 3.05) is 40.3 Å². The fourth-order valence-electron chi connectivity index (χ4n) is 7.87. The lowest BCUT2D eigenvalue weighted by Gasteiger charge is -2.40. The van der Waals surface area contributed by atoms with E-state index in [9.17, 15) is 19.2 Å². The summed E-state index contributed by atoms with van der Waals surface area (Å²) in [5.41, 5.74) is 3.72. The van der Waals surface area contributed by atoms with Crippen molar-refractivity contribution in [3.8, 4) is 11.5 Å². The van der Waals surface area contributed by atoms with Gasteiger partial charge in [0.25, 0.3) is 5.91 Å². The Bertz CT molecular complexity index is 1910. The van der Waals surface area contributed by atoms with Gasteiger partial charge in [-0.1, -0.05) is 48.5 Å². The molecule has 3 unspecified atom stereocenters. The van der Waals surface area contributed by atoms with E-state index in [-0.39, 0.29) is 48.1 Å². The first-order valence-corrected chi connectivity index (χ1v) is 18.7. The highest BCUT2D eigenvalue weighted by molar-refractivity contribution is 5.95. The number of methoxy groups -OCH3 is 1. The predicted octanol–water partition coefficient (Wildman–Crippen LogP) is 5.00. The molecule has 4 aromatic rings. The molecule has 2 saturated heterocycles. The van der Waals surface area contributed by atoms with Gasteiger partial charge in [-0.15, -0.1) is 0 Å². The first-order chi connectivity index (χ1) is 25.6. The molecule has 3 aromatic carbocycles. The largest absolute Gasteiger partial charge is 0.493 e. The van der Waals surface area contributed by atoms with E-state index in [0.717, 1.165) is 22.9 Å². The van der Waals surface area contributed by atoms with Crippen LogP contribution in [0.2, 0.25) is 0 Å². The third kappa shape index (κ3) is 8.84. The van der Waals surface area contributed by atoms with E-state index < -0.39 is 12.0 Å². The molecule has 53 heavy (non-hydrogen) atoms. The Morgan fingerprint density at radius 3 is 2.40 bits per heavy atom. The number of benzene rings is 3. The van der Waals surface area contributed by atoms with Crippen molar-refractivity contribution >= 4 is 34.5 Å². The van der Waals surface area contributed by atoms with Crippen LogP contribution in [0, 0.1) is 17.8 Å². The second-order valence-electron chi connectivity index (χ2n) is 14.5. The summed E-state index contributed by atoms with van der Waals surface area (Å²) in [6.07, 6.45) is 4.71. The van der Waals surface area contributed by atoms with Gasteiger partial charge in [0, 0.05) is 62.3 Å². The van der Waals surface area contributed by atoms with Gasteiger partial charge in [-0.05, 0) is 86.8 Å². The van der Waals surface area contributed by atoms with Crippen molar-refractivity contribution in [1.82, 2.24) is 25.4 Å². The van der Waals surface area contributed by atoms with E-state index in [1.807, 2.05) is 62.5 Å². The molecule has 3 heterocycles. The van der Waals surface area contributed by atoms with Crippen LogP contribution in [0.1, 0.15) is 54.6 Å². The van der Waals surface area contributed by atoms with Crippen molar-refractivity contribution in [2.24, 2.45) is 17.8 Å². The van der Waals surface area contributed by atoms with Gasteiger partial charge in [0.15, 0.2) is 11.5 Å². The van der Waals surface area contributed by atoms with Crippen LogP contribution in [0.5, 0.6) is 11.5 Å². The summed E-state index contributed by atoms with van der Waals surface area (Å²) in [5.74, 6) is -0.594. The van der Waals surface area contributed by atoms with Gasteiger partial charge in [0.05, 0.1) is 19.1 Å². The van der Waals surface area contributed by atoms with E-state index in [1.54, 1.807) is 42.2 Å². The standard InChI is InChI=1S/C42H51N5O6/c1-27(2)53-37-19-17-29(21-38(37)52-4)42(51)47-24-31-23-46(39(48)20-18-30-22-44-35-15-9-8-14-32(30)35)26-34(33(31)25-47)40(49)45-36(41(50)43-3)16-10-13-28-11-6-5-7-12-28/h5-9,11-12,14-15,17,19,21-22,27,31,33-34,36,44H,10,13,16,18,20,23-26H2,1-4H3,(H,43,50)(H,45,49)/t31?,33?,34?,36-/m0/s1. The molecule has 4 amide bonds. The van der Waals surface area contributed by atoms with Gasteiger partial charge in [0.2, 0.25) is 17.7 Å². The number of aryl methyl sites for hydroxylation is 2. The van der Waals surface area contributed by atoms with E-state index in [4.69, 9.17) is 9.47 Å². The molecule has 2 aliphatic rings. The van der Waals surface area contributed by atoms with Gasteiger partial charge >= 0.3 is 0 Å². The number of amides is 4. The fourth-order valence-corrected chi connectivity index (χ4v) is 7.87. The Kier molecular flexibility index (Phi) is 12.0. The number of nitrogens with one attached hydrogen (secondary N) is 3. The van der Waals surface area contributed by atoms with Gasteiger partial charge in [-0.2, -0.15) is 0 Å². The Morgan fingerprint density at radius 2 is 1.64 bits per heavy atom. The Hall–Kier alpha value is -5.32. The summed E-state index contributed by atoms with van der Waals surface area (Å²) < 4.78 is 11.4. The molecule has 4 atom stereocenters. The van der Waals surface area contributed by atoms with Gasteiger partial charge in [0.1, 0.15) is 6.04 Å². The molecule has 0 radical (unpaired) electrons. The first kappa shape index (κ1) is 37.4. The van der Waals surface area contributed by atoms with Crippen LogP contribution in [0.3, 0.4) is 0 Å². The number of likely N-dealkylation sites (N-methyl/N-ethyl adjacent to an activating group) is 1. The molecule has 1 aromatic heterocycles. The van der Waals surface area contributed by atoms with Gasteiger partial charge in [-0.3, -0.25) is 19.2 Å². The maximum absolute atomic E-state index is 14.3. The highest BCUT2D eigenvalue weighted by atomic mass is 16.5. The number of hydrogen-bond acceptors (Lipinski definition) is 6. The second-order valence-corrected chi connectivity index (χ2v) is 14.5. The van der Waals surface area contributed by atoms with E-state index >= 15 is 0 Å². The summed E-state index contributed by atoms with van der Waals surface area (Å²) in [6.45, 7) is 5.29. The average molecular weight is 722 g/mol. The van der Waals surface area contributed by atoms with Crippen LogP contribution in [0.4, 0.5) is 0 Å². The number of piperidine rings is 1. The third-order valence-electron chi connectivity index (χ3n) is 10.6. The van der Waals surface area contributed by atoms with Crippen LogP contribution in [-0.2, 0) is 27.2 Å². The minimum Gasteiger partial charge on any atom is -0.493 e. The second kappa shape index (κ2) is 17.0. The average Bonchev–Trinajstić information content (AvgIpc) is 3.80. The highest BCUT2D eigenvalue weighted by Crippen LogP contribution is 2.38. The van der Waals surface area contributed by atoms with Crippen LogP contribution in [0.15, 0.2) is 79.0 Å². The number of aromatic amines is 1. The minimum absolute atomic E-state index is 0.0347. The molecule has 0 bridgehead atoms. The lowest BCUT2D eigenvalue weighted by Crippen LogP contribution is -2.56. The maximum Gasteiger partial charge on any atom is 0.254 e. The lowest BCUT2D eigenvalue weighted by molar-refractivity contribution is -0.140. The molecule has 2 aliphatic heterocycles. The number of rotatable bonds is 14. The smallest absolute Gasteiger partial charge is 0.254 e. The number of likely N-dealkylation sites (tertiary alicyclic amines) is 2. The van der Waals surface area contributed by atoms with Crippen molar-refractivity contribution < 1.29 is 28.7 Å². The molecule has 280 valence electrons. The molecular formula is C42H51N5O6. The number of hydrogen-bond donors (Lipinski definition) is 3. The van der Waals surface area contributed by atoms with Crippen LogP contribution in [-0.4, -0.2) is 90.9 Å². The molecular weight excluding hydrogens is 670 g/mol. The molecule has 3 N–H and O–H groups in total. The highest BCUT2D eigenvalue weighted by Gasteiger charge is 2.48. The number of para-hydroxylation sites is 1. The summed E-state index contributed by atoms with van der Waals surface area (Å²) in [6, 6.07) is 22.5. The number of fused-ring (bicyclic) bond motifs is 2. The summed E-state index contributed by atoms with van der Waals surface area (Å²) >= 11 is 0. The van der Waals surface area contributed by atoms with E-state index in [0.29, 0.717) is 62.4 Å². The third-order valence-corrected chi connectivity index (χ3v) is 10.6. The summed E-state index contributed by atoms with van der Waals surface area (Å²) in [4.78, 5) is 62.0. The lowest BCUT2D eigenvalue weighted by atomic mass is 9.79. The van der Waals surface area contributed by atoms with Crippen LogP contribution < -0.4 is 20.1 Å². The summed E-state index contributed by atoms with van der Waals surface area (Å²) in [7, 11) is 3.11. The van der Waals surface area contributed by atoms with Crippen molar-refractivity contribution in [1.29, 1.82) is 0 Å². The molecule has 2 fully saturated rings. The Balaban J connectivity index is 1.19. The number of H-pyrrole nitrogens is 1. The zero-order chi connectivity index (χ0) is 37.5. The molecule has 0 saturated carbocycles. The molecule has 0 aliphatic carbocycles. The maximum atomic E-state index is 14.3. The topological polar surface area (TPSA) is 133 Å². The number of carbonyl (C=O) groups is 4. The normalized spacial score (nSPS) is 18.8. The molecule has 6 rings (SSSR count). The van der Waals surface area contributed by atoms with E-state index in [1.165, 1.54) is 5.56 Å².